The fourth-order valence-corrected chi connectivity index (χ4v) is 5.76. The number of fused-ring (bicyclic) bond motifs is 3. The highest BCUT2D eigenvalue weighted by atomic mass is 32.1. The number of nitrogens with one attached hydrogen (secondary N) is 1. The molecule has 7 heteroatoms. The summed E-state index contributed by atoms with van der Waals surface area (Å²) in [4.78, 5) is 27.5. The summed E-state index contributed by atoms with van der Waals surface area (Å²) in [7, 11) is 0. The maximum atomic E-state index is 12.7. The van der Waals surface area contributed by atoms with Crippen molar-refractivity contribution >= 4 is 27.2 Å². The van der Waals surface area contributed by atoms with E-state index in [4.69, 9.17) is 9.72 Å². The van der Waals surface area contributed by atoms with Crippen LogP contribution in [0.3, 0.4) is 0 Å². The van der Waals surface area contributed by atoms with Gasteiger partial charge in [0.15, 0.2) is 0 Å². The zero-order valence-corrected chi connectivity index (χ0v) is 17.6. The molecule has 29 heavy (non-hydrogen) atoms. The maximum absolute atomic E-state index is 12.7. The fraction of sp³-hybridized carbons (Fsp3) is 0.455. The zero-order chi connectivity index (χ0) is 19.8. The van der Waals surface area contributed by atoms with Crippen molar-refractivity contribution in [2.24, 2.45) is 0 Å². The number of aryl methyl sites for hydroxylation is 2. The molecule has 152 valence electrons. The van der Waals surface area contributed by atoms with Crippen LogP contribution in [0.4, 0.5) is 5.69 Å². The highest BCUT2D eigenvalue weighted by molar-refractivity contribution is 7.18. The normalized spacial score (nSPS) is 17.1. The van der Waals surface area contributed by atoms with Gasteiger partial charge in [0, 0.05) is 31.1 Å². The summed E-state index contributed by atoms with van der Waals surface area (Å²) in [6.45, 7) is 7.11. The second kappa shape index (κ2) is 7.80. The van der Waals surface area contributed by atoms with Crippen LogP contribution in [0.1, 0.15) is 29.6 Å². The van der Waals surface area contributed by atoms with Crippen LogP contribution in [0.5, 0.6) is 5.75 Å². The number of para-hydroxylation sites is 2. The van der Waals surface area contributed by atoms with Gasteiger partial charge in [-0.15, -0.1) is 11.3 Å². The van der Waals surface area contributed by atoms with Crippen molar-refractivity contribution < 1.29 is 4.74 Å². The van der Waals surface area contributed by atoms with Crippen LogP contribution in [0.15, 0.2) is 29.1 Å². The van der Waals surface area contributed by atoms with Crippen LogP contribution in [0.25, 0.3) is 10.2 Å². The number of H-pyrrole nitrogens is 1. The van der Waals surface area contributed by atoms with E-state index in [2.05, 4.69) is 26.9 Å². The Hall–Kier alpha value is -2.38. The van der Waals surface area contributed by atoms with Gasteiger partial charge in [-0.3, -0.25) is 9.69 Å². The molecule has 0 unspecified atom stereocenters. The number of hydrogen-bond acceptors (Lipinski definition) is 6. The van der Waals surface area contributed by atoms with E-state index in [0.29, 0.717) is 13.2 Å². The number of aromatic amines is 1. The number of piperazine rings is 1. The number of aromatic nitrogens is 2. The quantitative estimate of drug-likeness (QED) is 0.700. The number of nitrogens with zero attached hydrogens (tertiary/aromatic N) is 3. The minimum atomic E-state index is 0.0358. The molecule has 5 rings (SSSR count). The summed E-state index contributed by atoms with van der Waals surface area (Å²) in [6, 6.07) is 8.24. The van der Waals surface area contributed by atoms with E-state index in [1.165, 1.54) is 10.4 Å². The van der Waals surface area contributed by atoms with Gasteiger partial charge in [0.05, 0.1) is 24.2 Å². The van der Waals surface area contributed by atoms with Crippen LogP contribution in [0.2, 0.25) is 0 Å². The molecule has 3 aromatic rings. The monoisotopic (exact) mass is 410 g/mol. The Kier molecular flexibility index (Phi) is 5.01. The summed E-state index contributed by atoms with van der Waals surface area (Å²) in [5.74, 6) is 1.73. The molecule has 0 radical (unpaired) electrons. The largest absolute Gasteiger partial charge is 0.492 e. The summed E-state index contributed by atoms with van der Waals surface area (Å²) >= 11 is 1.71. The highest BCUT2D eigenvalue weighted by Crippen LogP contribution is 2.34. The number of anilines is 1. The average Bonchev–Trinajstić information content (AvgIpc) is 3.30. The lowest BCUT2D eigenvalue weighted by atomic mass is 10.2. The standard InChI is InChI=1S/C22H26N4O2S/c1-2-28-17-8-4-3-7-16(17)26-12-10-25(11-13-26)14-19-23-21(27)20-15-6-5-9-18(15)29-22(20)24-19/h3-4,7-8H,2,5-6,9-14H2,1H3,(H,23,24,27). The molecular weight excluding hydrogens is 384 g/mol. The number of benzene rings is 1. The third-order valence-electron chi connectivity index (χ3n) is 5.88. The first-order valence-corrected chi connectivity index (χ1v) is 11.3. The second-order valence-electron chi connectivity index (χ2n) is 7.71. The Morgan fingerprint density at radius 3 is 2.83 bits per heavy atom. The highest BCUT2D eigenvalue weighted by Gasteiger charge is 2.23. The lowest BCUT2D eigenvalue weighted by Crippen LogP contribution is -2.46. The predicted molar refractivity (Wildman–Crippen MR) is 117 cm³/mol. The molecule has 2 aliphatic rings. The number of hydrogen-bond donors (Lipinski definition) is 1. The summed E-state index contributed by atoms with van der Waals surface area (Å²) in [5, 5.41) is 0.837. The van der Waals surface area contributed by atoms with Crippen molar-refractivity contribution in [2.45, 2.75) is 32.7 Å². The maximum Gasteiger partial charge on any atom is 0.259 e. The van der Waals surface area contributed by atoms with E-state index in [9.17, 15) is 4.79 Å². The fourth-order valence-electron chi connectivity index (χ4n) is 4.48. The van der Waals surface area contributed by atoms with Gasteiger partial charge in [0.1, 0.15) is 16.4 Å². The van der Waals surface area contributed by atoms with Crippen LogP contribution in [-0.4, -0.2) is 47.7 Å². The second-order valence-corrected chi connectivity index (χ2v) is 8.80. The van der Waals surface area contributed by atoms with Gasteiger partial charge in [-0.2, -0.15) is 0 Å². The zero-order valence-electron chi connectivity index (χ0n) is 16.7. The van der Waals surface area contributed by atoms with Crippen molar-refractivity contribution in [2.75, 3.05) is 37.7 Å². The van der Waals surface area contributed by atoms with Gasteiger partial charge >= 0.3 is 0 Å². The van der Waals surface area contributed by atoms with Gasteiger partial charge in [-0.25, -0.2) is 4.98 Å². The number of rotatable bonds is 5. The molecule has 1 fully saturated rings. The smallest absolute Gasteiger partial charge is 0.259 e. The molecule has 0 atom stereocenters. The first kappa shape index (κ1) is 18.6. The van der Waals surface area contributed by atoms with E-state index in [-0.39, 0.29) is 5.56 Å². The SMILES string of the molecule is CCOc1ccccc1N1CCN(Cc2nc3sc4c(c3c(=O)[nH]2)CCC4)CC1. The van der Waals surface area contributed by atoms with Gasteiger partial charge in [-0.05, 0) is 43.9 Å². The van der Waals surface area contributed by atoms with Crippen molar-refractivity contribution in [3.8, 4) is 5.75 Å². The Bertz CT molecular complexity index is 1080. The molecule has 0 bridgehead atoms. The van der Waals surface area contributed by atoms with E-state index in [0.717, 1.165) is 72.9 Å². The van der Waals surface area contributed by atoms with E-state index in [1.807, 2.05) is 19.1 Å². The van der Waals surface area contributed by atoms with Crippen molar-refractivity contribution in [3.63, 3.8) is 0 Å². The van der Waals surface area contributed by atoms with Gasteiger partial charge < -0.3 is 14.6 Å². The molecule has 1 N–H and O–H groups in total. The van der Waals surface area contributed by atoms with Gasteiger partial charge in [-0.1, -0.05) is 12.1 Å². The van der Waals surface area contributed by atoms with Crippen molar-refractivity contribution in [1.82, 2.24) is 14.9 Å². The minimum Gasteiger partial charge on any atom is -0.492 e. The van der Waals surface area contributed by atoms with E-state index < -0.39 is 0 Å². The average molecular weight is 411 g/mol. The van der Waals surface area contributed by atoms with E-state index in [1.54, 1.807) is 11.3 Å². The molecule has 0 spiro atoms. The third-order valence-corrected chi connectivity index (χ3v) is 7.06. The molecule has 3 heterocycles. The molecule has 1 saturated heterocycles. The molecule has 6 nitrogen and oxygen atoms in total. The first-order valence-electron chi connectivity index (χ1n) is 10.5. The lowest BCUT2D eigenvalue weighted by Gasteiger charge is -2.36. The van der Waals surface area contributed by atoms with E-state index >= 15 is 0 Å². The Balaban J connectivity index is 1.28. The molecule has 0 amide bonds. The molecule has 1 aliphatic carbocycles. The van der Waals surface area contributed by atoms with Crippen LogP contribution < -0.4 is 15.2 Å². The summed E-state index contributed by atoms with van der Waals surface area (Å²) in [5.41, 5.74) is 2.44. The molecule has 1 aromatic carbocycles. The molecular formula is C22H26N4O2S. The third kappa shape index (κ3) is 3.53. The molecule has 1 aliphatic heterocycles. The molecule has 2 aromatic heterocycles. The number of ether oxygens (including phenoxy) is 1. The topological polar surface area (TPSA) is 61.5 Å². The van der Waals surface area contributed by atoms with Crippen LogP contribution in [-0.2, 0) is 19.4 Å². The van der Waals surface area contributed by atoms with Crippen LogP contribution in [0, 0.1) is 0 Å². The van der Waals surface area contributed by atoms with Gasteiger partial charge in [0.25, 0.3) is 5.56 Å². The lowest BCUT2D eigenvalue weighted by molar-refractivity contribution is 0.243. The Labute approximate surface area is 174 Å². The number of thiophene rings is 1. The summed E-state index contributed by atoms with van der Waals surface area (Å²) in [6.07, 6.45) is 3.27. The minimum absolute atomic E-state index is 0.0358. The Morgan fingerprint density at radius 2 is 2.00 bits per heavy atom. The van der Waals surface area contributed by atoms with Gasteiger partial charge in [0.2, 0.25) is 0 Å². The molecule has 0 saturated carbocycles. The first-order chi connectivity index (χ1) is 14.2. The predicted octanol–water partition coefficient (Wildman–Crippen LogP) is 3.19. The summed E-state index contributed by atoms with van der Waals surface area (Å²) < 4.78 is 5.79. The van der Waals surface area contributed by atoms with Crippen molar-refractivity contribution in [1.29, 1.82) is 0 Å². The Morgan fingerprint density at radius 1 is 1.17 bits per heavy atom. The van der Waals surface area contributed by atoms with Crippen LogP contribution >= 0.6 is 11.3 Å². The van der Waals surface area contributed by atoms with Crippen molar-refractivity contribution in [3.05, 3.63) is 50.9 Å².